The van der Waals surface area contributed by atoms with Crippen molar-refractivity contribution in [1.82, 2.24) is 9.80 Å². The minimum absolute atomic E-state index is 0.197. The first-order valence-electron chi connectivity index (χ1n) is 7.06. The molecule has 1 fully saturated rings. The second-order valence-electron chi connectivity index (χ2n) is 5.62. The van der Waals surface area contributed by atoms with Gasteiger partial charge in [0.2, 0.25) is 5.91 Å². The first-order chi connectivity index (χ1) is 9.63. The maximum absolute atomic E-state index is 12.4. The standard InChI is InChI=1S/C16H20N2O2/c1-12-3-4-15-14(9-12)13(11-20-15)10-16(19)18-7-5-17(2)6-8-18/h3-4,9,11H,5-8,10H2,1-2H3. The molecule has 4 heteroatoms. The lowest BCUT2D eigenvalue weighted by atomic mass is 10.1. The van der Waals surface area contributed by atoms with E-state index >= 15 is 0 Å². The summed E-state index contributed by atoms with van der Waals surface area (Å²) in [6, 6.07) is 6.08. The summed E-state index contributed by atoms with van der Waals surface area (Å²) in [5, 5.41) is 1.06. The number of aryl methyl sites for hydroxylation is 1. The van der Waals surface area contributed by atoms with Gasteiger partial charge < -0.3 is 14.2 Å². The van der Waals surface area contributed by atoms with Crippen molar-refractivity contribution >= 4 is 16.9 Å². The summed E-state index contributed by atoms with van der Waals surface area (Å²) in [7, 11) is 2.09. The fourth-order valence-corrected chi connectivity index (χ4v) is 2.66. The van der Waals surface area contributed by atoms with Crippen LogP contribution >= 0.6 is 0 Å². The minimum Gasteiger partial charge on any atom is -0.464 e. The van der Waals surface area contributed by atoms with Gasteiger partial charge in [0.25, 0.3) is 0 Å². The van der Waals surface area contributed by atoms with Crippen LogP contribution in [-0.2, 0) is 11.2 Å². The number of nitrogens with zero attached hydrogens (tertiary/aromatic N) is 2. The monoisotopic (exact) mass is 272 g/mol. The van der Waals surface area contributed by atoms with Gasteiger partial charge in [-0.1, -0.05) is 11.6 Å². The quantitative estimate of drug-likeness (QED) is 0.839. The zero-order chi connectivity index (χ0) is 14.1. The van der Waals surface area contributed by atoms with Crippen LogP contribution in [0.4, 0.5) is 0 Å². The van der Waals surface area contributed by atoms with Gasteiger partial charge in [0, 0.05) is 37.1 Å². The molecule has 0 radical (unpaired) electrons. The number of carbonyl (C=O) groups excluding carboxylic acids is 1. The molecule has 1 aliphatic heterocycles. The Morgan fingerprint density at radius 3 is 2.75 bits per heavy atom. The van der Waals surface area contributed by atoms with E-state index in [0.29, 0.717) is 6.42 Å². The third-order valence-electron chi connectivity index (χ3n) is 4.01. The minimum atomic E-state index is 0.197. The molecule has 106 valence electrons. The van der Waals surface area contributed by atoms with Crippen molar-refractivity contribution in [3.8, 4) is 0 Å². The van der Waals surface area contributed by atoms with Gasteiger partial charge in [0.15, 0.2) is 0 Å². The van der Waals surface area contributed by atoms with E-state index in [4.69, 9.17) is 4.42 Å². The molecule has 1 amide bonds. The van der Waals surface area contributed by atoms with Crippen LogP contribution in [0.15, 0.2) is 28.9 Å². The molecule has 0 spiro atoms. The number of fused-ring (bicyclic) bond motifs is 1. The summed E-state index contributed by atoms with van der Waals surface area (Å²) in [5.41, 5.74) is 3.04. The van der Waals surface area contributed by atoms with E-state index in [0.717, 1.165) is 42.7 Å². The molecule has 0 saturated carbocycles. The van der Waals surface area contributed by atoms with Crippen molar-refractivity contribution in [3.63, 3.8) is 0 Å². The van der Waals surface area contributed by atoms with Crippen molar-refractivity contribution in [3.05, 3.63) is 35.6 Å². The summed E-state index contributed by atoms with van der Waals surface area (Å²) < 4.78 is 5.53. The van der Waals surface area contributed by atoms with E-state index in [2.05, 4.69) is 24.9 Å². The van der Waals surface area contributed by atoms with Crippen LogP contribution < -0.4 is 0 Å². The van der Waals surface area contributed by atoms with Crippen LogP contribution in [0.25, 0.3) is 11.0 Å². The van der Waals surface area contributed by atoms with Crippen LogP contribution in [0, 0.1) is 6.92 Å². The lowest BCUT2D eigenvalue weighted by molar-refractivity contribution is -0.132. The molecule has 20 heavy (non-hydrogen) atoms. The molecule has 0 bridgehead atoms. The number of hydrogen-bond acceptors (Lipinski definition) is 3. The summed E-state index contributed by atoms with van der Waals surface area (Å²) >= 11 is 0. The van der Waals surface area contributed by atoms with Crippen molar-refractivity contribution < 1.29 is 9.21 Å². The maximum Gasteiger partial charge on any atom is 0.227 e. The summed E-state index contributed by atoms with van der Waals surface area (Å²) in [4.78, 5) is 16.6. The predicted octanol–water partition coefficient (Wildman–Crippen LogP) is 2.06. The molecule has 0 aliphatic carbocycles. The van der Waals surface area contributed by atoms with Gasteiger partial charge in [-0.15, -0.1) is 0 Å². The molecule has 1 aromatic heterocycles. The zero-order valence-electron chi connectivity index (χ0n) is 12.1. The van der Waals surface area contributed by atoms with Gasteiger partial charge in [0.05, 0.1) is 12.7 Å². The first-order valence-corrected chi connectivity index (χ1v) is 7.06. The number of amides is 1. The molecule has 0 unspecified atom stereocenters. The highest BCUT2D eigenvalue weighted by Gasteiger charge is 2.20. The highest BCUT2D eigenvalue weighted by molar-refractivity contribution is 5.88. The zero-order valence-corrected chi connectivity index (χ0v) is 12.1. The van der Waals surface area contributed by atoms with E-state index in [-0.39, 0.29) is 5.91 Å². The Bertz CT molecular complexity index is 624. The molecular weight excluding hydrogens is 252 g/mol. The Morgan fingerprint density at radius 2 is 2.00 bits per heavy atom. The van der Waals surface area contributed by atoms with E-state index in [1.807, 2.05) is 17.0 Å². The number of rotatable bonds is 2. The van der Waals surface area contributed by atoms with Crippen LogP contribution in [0.5, 0.6) is 0 Å². The molecule has 1 aromatic carbocycles. The third kappa shape index (κ3) is 2.56. The highest BCUT2D eigenvalue weighted by Crippen LogP contribution is 2.23. The van der Waals surface area contributed by atoms with E-state index in [1.165, 1.54) is 5.56 Å². The van der Waals surface area contributed by atoms with Crippen molar-refractivity contribution in [2.75, 3.05) is 33.2 Å². The van der Waals surface area contributed by atoms with Crippen LogP contribution in [0.2, 0.25) is 0 Å². The molecule has 0 N–H and O–H groups in total. The average molecular weight is 272 g/mol. The normalized spacial score (nSPS) is 16.8. The second-order valence-corrected chi connectivity index (χ2v) is 5.62. The van der Waals surface area contributed by atoms with Crippen molar-refractivity contribution in [2.24, 2.45) is 0 Å². The topological polar surface area (TPSA) is 36.7 Å². The van der Waals surface area contributed by atoms with E-state index in [9.17, 15) is 4.79 Å². The number of likely N-dealkylation sites (N-methyl/N-ethyl adjacent to an activating group) is 1. The first kappa shape index (κ1) is 13.2. The third-order valence-corrected chi connectivity index (χ3v) is 4.01. The second kappa shape index (κ2) is 5.29. The molecule has 3 rings (SSSR count). The van der Waals surface area contributed by atoms with Crippen LogP contribution in [0.1, 0.15) is 11.1 Å². The fourth-order valence-electron chi connectivity index (χ4n) is 2.66. The SMILES string of the molecule is Cc1ccc2occ(CC(=O)N3CCN(C)CC3)c2c1. The number of furan rings is 1. The van der Waals surface area contributed by atoms with Gasteiger partial charge in [-0.2, -0.15) is 0 Å². The Morgan fingerprint density at radius 1 is 1.25 bits per heavy atom. The van der Waals surface area contributed by atoms with E-state index in [1.54, 1.807) is 6.26 Å². The molecule has 4 nitrogen and oxygen atoms in total. The molecule has 0 atom stereocenters. The average Bonchev–Trinajstić information content (AvgIpc) is 2.82. The highest BCUT2D eigenvalue weighted by atomic mass is 16.3. The molecule has 2 heterocycles. The van der Waals surface area contributed by atoms with Gasteiger partial charge in [-0.05, 0) is 26.1 Å². The molecule has 1 aliphatic rings. The van der Waals surface area contributed by atoms with E-state index < -0.39 is 0 Å². The number of carbonyl (C=O) groups is 1. The molecule has 1 saturated heterocycles. The largest absolute Gasteiger partial charge is 0.464 e. The Labute approximate surface area is 119 Å². The smallest absolute Gasteiger partial charge is 0.227 e. The van der Waals surface area contributed by atoms with Crippen LogP contribution in [-0.4, -0.2) is 48.9 Å². The van der Waals surface area contributed by atoms with Gasteiger partial charge >= 0.3 is 0 Å². The van der Waals surface area contributed by atoms with Gasteiger partial charge in [0.1, 0.15) is 5.58 Å². The number of piperazine rings is 1. The number of benzene rings is 1. The van der Waals surface area contributed by atoms with Crippen molar-refractivity contribution in [2.45, 2.75) is 13.3 Å². The maximum atomic E-state index is 12.4. The predicted molar refractivity (Wildman–Crippen MR) is 78.7 cm³/mol. The van der Waals surface area contributed by atoms with Crippen LogP contribution in [0.3, 0.4) is 0 Å². The molecule has 2 aromatic rings. The molecular formula is C16H20N2O2. The summed E-state index contributed by atoms with van der Waals surface area (Å²) in [6.07, 6.45) is 2.15. The van der Waals surface area contributed by atoms with Crippen molar-refractivity contribution in [1.29, 1.82) is 0 Å². The summed E-state index contributed by atoms with van der Waals surface area (Å²) in [6.45, 7) is 5.61. The lowest BCUT2D eigenvalue weighted by Gasteiger charge is -2.32. The summed E-state index contributed by atoms with van der Waals surface area (Å²) in [5.74, 6) is 0.197. The Hall–Kier alpha value is -1.81. The lowest BCUT2D eigenvalue weighted by Crippen LogP contribution is -2.47. The van der Waals surface area contributed by atoms with Gasteiger partial charge in [-0.25, -0.2) is 0 Å². The number of hydrogen-bond donors (Lipinski definition) is 0. The Balaban J connectivity index is 1.76. The van der Waals surface area contributed by atoms with Gasteiger partial charge in [-0.3, -0.25) is 4.79 Å². The Kier molecular flexibility index (Phi) is 3.49. The fraction of sp³-hybridized carbons (Fsp3) is 0.438.